The van der Waals surface area contributed by atoms with Crippen LogP contribution in [0.4, 0.5) is 17.1 Å². The van der Waals surface area contributed by atoms with Gasteiger partial charge in [0.25, 0.3) is 0 Å². The number of anilines is 3. The van der Waals surface area contributed by atoms with Crippen molar-refractivity contribution in [3.63, 3.8) is 0 Å². The van der Waals surface area contributed by atoms with E-state index in [2.05, 4.69) is 442 Å². The molecule has 0 bridgehead atoms. The van der Waals surface area contributed by atoms with Crippen molar-refractivity contribution in [2.75, 3.05) is 42.4 Å². The van der Waals surface area contributed by atoms with Gasteiger partial charge in [0.2, 0.25) is 0 Å². The molecule has 14 aromatic rings. The molecule has 16 heteroatoms. The van der Waals surface area contributed by atoms with E-state index in [0.717, 1.165) is 94.4 Å². The molecule has 6 aliphatic rings. The van der Waals surface area contributed by atoms with Crippen molar-refractivity contribution in [1.82, 2.24) is 64.4 Å². The van der Waals surface area contributed by atoms with Gasteiger partial charge >= 0.3 is 0 Å². The van der Waals surface area contributed by atoms with E-state index in [-0.39, 0.29) is 21.8 Å². The highest BCUT2D eigenvalue weighted by Crippen LogP contribution is 2.36. The highest BCUT2D eigenvalue weighted by Gasteiger charge is 2.31. The van der Waals surface area contributed by atoms with Crippen molar-refractivity contribution in [3.8, 4) is 0 Å². The molecule has 12 heterocycles. The summed E-state index contributed by atoms with van der Waals surface area (Å²) >= 11 is 0. The van der Waals surface area contributed by atoms with E-state index in [0.29, 0.717) is 47.1 Å². The number of benzene rings is 8. The Kier molecular flexibility index (Phi) is 35.3. The van der Waals surface area contributed by atoms with Crippen LogP contribution in [0.3, 0.4) is 0 Å². The van der Waals surface area contributed by atoms with Crippen LogP contribution in [0.15, 0.2) is 249 Å². The molecule has 132 heavy (non-hydrogen) atoms. The van der Waals surface area contributed by atoms with Crippen molar-refractivity contribution in [2.45, 2.75) is 303 Å². The number of nitrogens with one attached hydrogen (secondary N) is 7. The van der Waals surface area contributed by atoms with Gasteiger partial charge in [0.05, 0.1) is 47.4 Å². The average Bonchev–Trinajstić information content (AvgIpc) is 1.49. The highest BCUT2D eigenvalue weighted by atomic mass is 15.3. The number of nitrogens with zero attached hydrogens (tertiary/aromatic N) is 9. The van der Waals surface area contributed by atoms with Crippen LogP contribution in [0.25, 0.3) is 43.9 Å². The molecule has 7 N–H and O–H groups in total. The van der Waals surface area contributed by atoms with Crippen LogP contribution in [-0.2, 0) is 74.7 Å². The fraction of sp³-hybridized carbons (Fsp3) is 0.448. The molecule has 20 rings (SSSR count). The molecule has 0 saturated carbocycles. The van der Waals surface area contributed by atoms with Gasteiger partial charge in [-0.2, -0.15) is 0 Å². The lowest BCUT2D eigenvalue weighted by Gasteiger charge is -2.38. The first kappa shape index (κ1) is 102. The zero-order valence-corrected chi connectivity index (χ0v) is 85.1. The van der Waals surface area contributed by atoms with Gasteiger partial charge in [-0.25, -0.2) is 9.97 Å². The molecule has 6 aromatic heterocycles. The van der Waals surface area contributed by atoms with Crippen molar-refractivity contribution >= 4 is 60.9 Å². The lowest BCUT2D eigenvalue weighted by molar-refractivity contribution is 0.118. The zero-order valence-electron chi connectivity index (χ0n) is 85.1. The minimum atomic E-state index is 0.0962. The SMILES string of the molecule is CC(C)(C)C1CCc2ccccc2N1.CC(C)(C)C1Cc2ccccc2CN1.CC(C)(C)N1CCc2cccnc2C1.CC(C)(C)c1c[nH]c2ccccc12.CC(C)(C)c1cc2ccccc2[nH]1.CC(C)(C)c1nc2ccccc2[nH]1.CC(C)N1CCc2ncccc2C1.CC(C)N1CNc2ccccc2C1.CC(C)N1CNc2ccccc2C1.CC(C)n1cnc2ccccc21. The molecule has 8 aromatic carbocycles. The molecule has 2 unspecified atom stereocenters. The van der Waals surface area contributed by atoms with Crippen LogP contribution in [0.1, 0.15) is 260 Å². The maximum atomic E-state index is 4.53. The number of H-pyrrole nitrogens is 3. The lowest BCUT2D eigenvalue weighted by Crippen LogP contribution is -2.44. The predicted octanol–water partition coefficient (Wildman–Crippen LogP) is 27.3. The molecule has 0 amide bonds. The number of imidazole rings is 2. The van der Waals surface area contributed by atoms with E-state index >= 15 is 0 Å². The zero-order chi connectivity index (χ0) is 95.3. The smallest absolute Gasteiger partial charge is 0.112 e. The van der Waals surface area contributed by atoms with Crippen molar-refractivity contribution in [2.24, 2.45) is 10.8 Å². The maximum absolute atomic E-state index is 4.53. The Bertz CT molecular complexity index is 5400. The number of para-hydroxylation sites is 9. The minimum Gasteiger partial charge on any atom is -0.382 e. The molecular weight excluding hydrogens is 1620 g/mol. The monoisotopic (exact) mass is 1780 g/mol. The third-order valence-electron chi connectivity index (χ3n) is 25.9. The number of hydrogen-bond acceptors (Lipinski definition) is 12. The summed E-state index contributed by atoms with van der Waals surface area (Å²) in [7, 11) is 0. The summed E-state index contributed by atoms with van der Waals surface area (Å²) in [4.78, 5) is 37.5. The van der Waals surface area contributed by atoms with E-state index in [4.69, 9.17) is 0 Å². The van der Waals surface area contributed by atoms with Crippen molar-refractivity contribution in [3.05, 3.63) is 317 Å². The Balaban J connectivity index is 0.000000141. The van der Waals surface area contributed by atoms with E-state index < -0.39 is 0 Å². The molecule has 0 saturated heterocycles. The summed E-state index contributed by atoms with van der Waals surface area (Å²) in [6, 6.07) is 81.8. The van der Waals surface area contributed by atoms with Gasteiger partial charge in [0.1, 0.15) is 5.82 Å². The first-order valence-corrected chi connectivity index (χ1v) is 48.7. The Morgan fingerprint density at radius 2 is 0.894 bits per heavy atom. The van der Waals surface area contributed by atoms with Crippen molar-refractivity contribution < 1.29 is 0 Å². The van der Waals surface area contributed by atoms with Crippen LogP contribution in [0.5, 0.6) is 0 Å². The molecule has 0 fully saturated rings. The fourth-order valence-corrected chi connectivity index (χ4v) is 17.1. The molecule has 2 atom stereocenters. The Morgan fingerprint density at radius 3 is 1.46 bits per heavy atom. The average molecular weight is 1780 g/mol. The molecule has 0 spiro atoms. The first-order chi connectivity index (χ1) is 62.5. The van der Waals surface area contributed by atoms with Gasteiger partial charge in [0.15, 0.2) is 0 Å². The fourth-order valence-electron chi connectivity index (χ4n) is 17.1. The van der Waals surface area contributed by atoms with Gasteiger partial charge < -0.3 is 40.8 Å². The number of aromatic nitrogens is 8. The molecule has 16 nitrogen and oxygen atoms in total. The van der Waals surface area contributed by atoms with Gasteiger partial charge in [-0.15, -0.1) is 0 Å². The van der Waals surface area contributed by atoms with E-state index in [1.807, 2.05) is 67.3 Å². The number of aromatic amines is 3. The topological polar surface area (TPSA) is 165 Å². The molecular formula is C116H160N16. The van der Waals surface area contributed by atoms with Gasteiger partial charge in [-0.05, 0) is 241 Å². The number of fused-ring (bicyclic) bond motifs is 10. The van der Waals surface area contributed by atoms with Crippen LogP contribution in [0.2, 0.25) is 0 Å². The van der Waals surface area contributed by atoms with E-state index in [9.17, 15) is 0 Å². The standard InChI is InChI=1S/2C13H19N.C12H18N2.2C12H15N.C11H14N2.3C11H16N2.C10H12N2/c1-13(2,3)12-8-10-6-4-5-7-11(10)9-14-12;1-13(2,3)12-9-8-10-6-4-5-7-11(10)14-12;1-12(2,3)14-8-6-10-5-4-7-13-11(10)9-14;1-12(2,3)10-8-13-11-7-5-4-6-9(10)11;1-12(2,3)11-8-9-6-4-5-7-10(9)13-11;1-11(2,3)10-12-8-6-4-5-7-9(8)13-10;1-9(2)13-7-5-11-10(8-13)4-3-6-12-11;2*1-9(2)13-7-10-5-3-4-6-11(10)12-8-13;1-8(2)12-7-11-9-5-3-4-6-10(9)12/h2*4-7,12,14H,8-9H2,1-3H3;4-5,7H,6,8-9H2,1-3H3;2*4-8,13H,1-3H3;4-7H,1-3H3,(H,12,13);3-4,6,9H,5,7-8H2,1-2H3;2*3-6,9,12H,7-8H2,1-2H3;3-8H,1-2H3. The predicted molar refractivity (Wildman–Crippen MR) is 564 cm³/mol. The number of pyridine rings is 2. The normalized spacial score (nSPS) is 16.1. The van der Waals surface area contributed by atoms with Crippen molar-refractivity contribution in [1.29, 1.82) is 0 Å². The Labute approximate surface area is 793 Å². The number of aryl methyl sites for hydroxylation is 1. The van der Waals surface area contributed by atoms with E-state index in [1.165, 1.54) is 125 Å². The summed E-state index contributed by atoms with van der Waals surface area (Å²) in [5, 5.41) is 16.7. The highest BCUT2D eigenvalue weighted by molar-refractivity contribution is 5.84. The second-order valence-electron chi connectivity index (χ2n) is 43.7. The summed E-state index contributed by atoms with van der Waals surface area (Å²) in [5.41, 5.74) is 27.7. The van der Waals surface area contributed by atoms with Gasteiger partial charge in [0, 0.05) is 168 Å². The second-order valence-corrected chi connectivity index (χ2v) is 43.7. The largest absolute Gasteiger partial charge is 0.382 e. The third-order valence-corrected chi connectivity index (χ3v) is 25.9. The molecule has 6 aliphatic heterocycles. The van der Waals surface area contributed by atoms with E-state index in [1.54, 1.807) is 0 Å². The lowest BCUT2D eigenvalue weighted by atomic mass is 9.80. The summed E-state index contributed by atoms with van der Waals surface area (Å²) < 4.78 is 2.18. The minimum absolute atomic E-state index is 0.0962. The van der Waals surface area contributed by atoms with Crippen LogP contribution in [0, 0.1) is 10.8 Å². The third kappa shape index (κ3) is 29.1. The summed E-state index contributed by atoms with van der Waals surface area (Å²) in [6.45, 7) is 67.7. The van der Waals surface area contributed by atoms with Crippen LogP contribution >= 0.6 is 0 Å². The molecule has 0 radical (unpaired) electrons. The van der Waals surface area contributed by atoms with Crippen LogP contribution < -0.4 is 21.3 Å². The molecule has 0 aliphatic carbocycles. The summed E-state index contributed by atoms with van der Waals surface area (Å²) in [6.07, 6.45) is 13.7. The Hall–Kier alpha value is -10.7. The number of rotatable bonds is 4. The number of hydrogen-bond donors (Lipinski definition) is 7. The molecule has 704 valence electrons. The second kappa shape index (κ2) is 45.8. The maximum Gasteiger partial charge on any atom is 0.112 e. The van der Waals surface area contributed by atoms with Gasteiger partial charge in [-0.1, -0.05) is 256 Å². The first-order valence-electron chi connectivity index (χ1n) is 48.7. The van der Waals surface area contributed by atoms with Crippen LogP contribution in [-0.4, -0.2) is 121 Å². The Morgan fingerprint density at radius 1 is 0.386 bits per heavy atom. The quantitative estimate of drug-likeness (QED) is 0.0893. The van der Waals surface area contributed by atoms with Gasteiger partial charge in [-0.3, -0.25) is 29.6 Å². The summed E-state index contributed by atoms with van der Waals surface area (Å²) in [5.74, 6) is 1.05.